The summed E-state index contributed by atoms with van der Waals surface area (Å²) in [6, 6.07) is 11.0. The number of hydrogen-bond donors (Lipinski definition) is 1. The number of rotatable bonds is 6. The highest BCUT2D eigenvalue weighted by atomic mass is 32.1. The zero-order valence-electron chi connectivity index (χ0n) is 16.6. The Bertz CT molecular complexity index is 1360. The number of aryl methyl sites for hydroxylation is 1. The maximum atomic E-state index is 13.9. The maximum absolute atomic E-state index is 13.9. The van der Waals surface area contributed by atoms with Gasteiger partial charge in [0.05, 0.1) is 17.5 Å². The lowest BCUT2D eigenvalue weighted by atomic mass is 10.1. The Labute approximate surface area is 185 Å². The number of oxazole rings is 1. The van der Waals surface area contributed by atoms with E-state index in [2.05, 4.69) is 15.3 Å². The van der Waals surface area contributed by atoms with E-state index in [1.165, 1.54) is 12.3 Å². The smallest absolute Gasteiger partial charge is 0.224 e. The first-order valence-corrected chi connectivity index (χ1v) is 10.7. The molecule has 0 aliphatic heterocycles. The molecule has 1 amide bonds. The SMILES string of the molecule is O=C(CCc1ncc(-c2c(F)cccc2F)o1)Nc1ccc(-c2cn3ccsc3n2)cc1. The fourth-order valence-electron chi connectivity index (χ4n) is 3.31. The standard InChI is InChI=1S/C23H16F2N4O2S/c24-16-2-1-3-17(25)22(16)19-12-26-21(31-19)9-8-20(30)27-15-6-4-14(5-7-15)18-13-29-10-11-32-23(29)28-18/h1-7,10-13H,8-9H2,(H,27,30). The van der Waals surface area contributed by atoms with Gasteiger partial charge in [-0.05, 0) is 24.3 Å². The third kappa shape index (κ3) is 4.02. The second-order valence-corrected chi connectivity index (χ2v) is 7.93. The van der Waals surface area contributed by atoms with Gasteiger partial charge in [-0.1, -0.05) is 18.2 Å². The van der Waals surface area contributed by atoms with Crippen LogP contribution in [-0.2, 0) is 11.2 Å². The van der Waals surface area contributed by atoms with Gasteiger partial charge in [0.2, 0.25) is 5.91 Å². The number of carbonyl (C=O) groups is 1. The molecule has 0 saturated heterocycles. The number of nitrogens with zero attached hydrogens (tertiary/aromatic N) is 3. The van der Waals surface area contributed by atoms with Crippen molar-refractivity contribution in [3.8, 4) is 22.6 Å². The van der Waals surface area contributed by atoms with Crippen molar-refractivity contribution in [3.05, 3.63) is 84.0 Å². The van der Waals surface area contributed by atoms with Crippen LogP contribution < -0.4 is 5.32 Å². The Morgan fingerprint density at radius 1 is 1.12 bits per heavy atom. The van der Waals surface area contributed by atoms with Crippen LogP contribution in [0.2, 0.25) is 0 Å². The van der Waals surface area contributed by atoms with E-state index in [-0.39, 0.29) is 36.0 Å². The second kappa shape index (κ2) is 8.35. The summed E-state index contributed by atoms with van der Waals surface area (Å²) in [7, 11) is 0. The number of thiazole rings is 1. The van der Waals surface area contributed by atoms with E-state index >= 15 is 0 Å². The van der Waals surface area contributed by atoms with Crippen molar-refractivity contribution in [2.75, 3.05) is 5.32 Å². The molecule has 0 atom stereocenters. The normalized spacial score (nSPS) is 11.2. The summed E-state index contributed by atoms with van der Waals surface area (Å²) in [6.07, 6.45) is 5.48. The van der Waals surface area contributed by atoms with Crippen molar-refractivity contribution >= 4 is 27.9 Å². The van der Waals surface area contributed by atoms with E-state index in [4.69, 9.17) is 4.42 Å². The van der Waals surface area contributed by atoms with Crippen LogP contribution in [-0.4, -0.2) is 20.3 Å². The summed E-state index contributed by atoms with van der Waals surface area (Å²) in [4.78, 5) is 21.8. The van der Waals surface area contributed by atoms with Crippen LogP contribution in [0.1, 0.15) is 12.3 Å². The Morgan fingerprint density at radius 2 is 1.91 bits per heavy atom. The van der Waals surface area contributed by atoms with E-state index in [1.807, 2.05) is 46.4 Å². The zero-order chi connectivity index (χ0) is 22.1. The highest BCUT2D eigenvalue weighted by Gasteiger charge is 2.16. The molecule has 5 rings (SSSR count). The molecule has 5 aromatic rings. The van der Waals surface area contributed by atoms with E-state index in [9.17, 15) is 13.6 Å². The molecule has 3 heterocycles. The molecule has 0 bridgehead atoms. The first-order valence-electron chi connectivity index (χ1n) is 9.78. The number of anilines is 1. The first kappa shape index (κ1) is 20.1. The van der Waals surface area contributed by atoms with Gasteiger partial charge in [-0.25, -0.2) is 18.7 Å². The second-order valence-electron chi connectivity index (χ2n) is 7.06. The van der Waals surface area contributed by atoms with E-state index in [0.717, 1.165) is 28.4 Å². The van der Waals surface area contributed by atoms with Crippen LogP contribution in [0.4, 0.5) is 14.5 Å². The molecule has 0 aliphatic carbocycles. The summed E-state index contributed by atoms with van der Waals surface area (Å²) in [6.45, 7) is 0. The molecular formula is C23H16F2N4O2S. The number of halogens is 2. The van der Waals surface area contributed by atoms with Crippen molar-refractivity contribution in [2.24, 2.45) is 0 Å². The number of aromatic nitrogens is 3. The zero-order valence-corrected chi connectivity index (χ0v) is 17.4. The summed E-state index contributed by atoms with van der Waals surface area (Å²) in [5, 5.41) is 4.79. The van der Waals surface area contributed by atoms with Crippen LogP contribution in [0, 0.1) is 11.6 Å². The Morgan fingerprint density at radius 3 is 2.66 bits per heavy atom. The number of hydrogen-bond acceptors (Lipinski definition) is 5. The number of benzene rings is 2. The largest absolute Gasteiger partial charge is 0.441 e. The molecule has 0 saturated carbocycles. The van der Waals surface area contributed by atoms with Crippen molar-refractivity contribution in [1.29, 1.82) is 0 Å². The minimum absolute atomic E-state index is 0.00857. The molecule has 2 aromatic carbocycles. The molecule has 0 fully saturated rings. The van der Waals surface area contributed by atoms with E-state index < -0.39 is 11.6 Å². The lowest BCUT2D eigenvalue weighted by molar-refractivity contribution is -0.116. The molecule has 0 spiro atoms. The number of carbonyl (C=O) groups excluding carboxylic acids is 1. The van der Waals surface area contributed by atoms with Gasteiger partial charge in [0, 0.05) is 41.9 Å². The van der Waals surface area contributed by atoms with Crippen molar-refractivity contribution in [1.82, 2.24) is 14.4 Å². The van der Waals surface area contributed by atoms with Gasteiger partial charge in [0.1, 0.15) is 11.6 Å². The third-order valence-corrected chi connectivity index (χ3v) is 5.66. The Balaban J connectivity index is 1.19. The average molecular weight is 450 g/mol. The maximum Gasteiger partial charge on any atom is 0.224 e. The fourth-order valence-corrected chi connectivity index (χ4v) is 4.01. The van der Waals surface area contributed by atoms with Gasteiger partial charge in [-0.15, -0.1) is 11.3 Å². The predicted octanol–water partition coefficient (Wildman–Crippen LogP) is 5.57. The molecule has 160 valence electrons. The highest BCUT2D eigenvalue weighted by Crippen LogP contribution is 2.27. The third-order valence-electron chi connectivity index (χ3n) is 4.89. The number of nitrogens with one attached hydrogen (secondary N) is 1. The van der Waals surface area contributed by atoms with Crippen LogP contribution in [0.5, 0.6) is 0 Å². The van der Waals surface area contributed by atoms with Gasteiger partial charge in [-0.3, -0.25) is 9.20 Å². The fraction of sp³-hybridized carbons (Fsp3) is 0.0870. The monoisotopic (exact) mass is 450 g/mol. The molecular weight excluding hydrogens is 434 g/mol. The Hall–Kier alpha value is -3.85. The van der Waals surface area contributed by atoms with Crippen molar-refractivity contribution in [3.63, 3.8) is 0 Å². The van der Waals surface area contributed by atoms with Crippen LogP contribution >= 0.6 is 11.3 Å². The van der Waals surface area contributed by atoms with E-state index in [0.29, 0.717) is 5.69 Å². The number of imidazole rings is 1. The minimum atomic E-state index is -0.732. The molecule has 1 N–H and O–H groups in total. The molecule has 0 unspecified atom stereocenters. The van der Waals surface area contributed by atoms with Crippen LogP contribution in [0.15, 0.2) is 70.9 Å². The molecule has 32 heavy (non-hydrogen) atoms. The highest BCUT2D eigenvalue weighted by molar-refractivity contribution is 7.15. The predicted molar refractivity (Wildman–Crippen MR) is 117 cm³/mol. The summed E-state index contributed by atoms with van der Waals surface area (Å²) >= 11 is 1.56. The lowest BCUT2D eigenvalue weighted by Gasteiger charge is -2.05. The van der Waals surface area contributed by atoms with Crippen molar-refractivity contribution < 1.29 is 18.0 Å². The van der Waals surface area contributed by atoms with Gasteiger partial charge in [0.25, 0.3) is 0 Å². The molecule has 9 heteroatoms. The first-order chi connectivity index (χ1) is 15.6. The lowest BCUT2D eigenvalue weighted by Crippen LogP contribution is -2.12. The molecule has 6 nitrogen and oxygen atoms in total. The number of amides is 1. The summed E-state index contributed by atoms with van der Waals surface area (Å²) in [5.41, 5.74) is 2.20. The summed E-state index contributed by atoms with van der Waals surface area (Å²) in [5.74, 6) is -1.47. The average Bonchev–Trinajstić information content (AvgIpc) is 3.49. The van der Waals surface area contributed by atoms with Crippen LogP contribution in [0.25, 0.3) is 27.5 Å². The minimum Gasteiger partial charge on any atom is -0.441 e. The Kier molecular flexibility index (Phi) is 5.24. The van der Waals surface area contributed by atoms with Gasteiger partial charge in [0.15, 0.2) is 16.6 Å². The molecule has 3 aromatic heterocycles. The van der Waals surface area contributed by atoms with Gasteiger partial charge >= 0.3 is 0 Å². The van der Waals surface area contributed by atoms with E-state index in [1.54, 1.807) is 11.3 Å². The summed E-state index contributed by atoms with van der Waals surface area (Å²) < 4.78 is 35.2. The van der Waals surface area contributed by atoms with Crippen LogP contribution in [0.3, 0.4) is 0 Å². The van der Waals surface area contributed by atoms with Gasteiger partial charge < -0.3 is 9.73 Å². The van der Waals surface area contributed by atoms with Gasteiger partial charge in [-0.2, -0.15) is 0 Å². The van der Waals surface area contributed by atoms with Crippen molar-refractivity contribution in [2.45, 2.75) is 12.8 Å². The molecule has 0 aliphatic rings. The quantitative estimate of drug-likeness (QED) is 0.367. The molecule has 0 radical (unpaired) electrons. The topological polar surface area (TPSA) is 72.4 Å². The number of fused-ring (bicyclic) bond motifs is 1.